The summed E-state index contributed by atoms with van der Waals surface area (Å²) < 4.78 is 0.909. The maximum atomic E-state index is 5.66. The Kier molecular flexibility index (Phi) is 4.73. The zero-order chi connectivity index (χ0) is 14.7. The standard InChI is InChI=1S/C15H16BrN3S/c1-10-4-3-5-11(18-10)9-19(2)12-6-7-13(15(17)20)14(16)8-12/h3-8H,9H2,1-2H3,(H2,17,20). The van der Waals surface area contributed by atoms with Gasteiger partial charge in [-0.15, -0.1) is 0 Å². The molecule has 0 saturated carbocycles. The minimum Gasteiger partial charge on any atom is -0.389 e. The van der Waals surface area contributed by atoms with Gasteiger partial charge in [0.1, 0.15) is 4.99 Å². The van der Waals surface area contributed by atoms with Crippen LogP contribution in [0.25, 0.3) is 0 Å². The molecule has 0 bridgehead atoms. The van der Waals surface area contributed by atoms with Gasteiger partial charge in [-0.05, 0) is 53.2 Å². The van der Waals surface area contributed by atoms with E-state index in [4.69, 9.17) is 18.0 Å². The minimum absolute atomic E-state index is 0.395. The lowest BCUT2D eigenvalue weighted by Gasteiger charge is -2.20. The lowest BCUT2D eigenvalue weighted by molar-refractivity contribution is 0.876. The van der Waals surface area contributed by atoms with Gasteiger partial charge >= 0.3 is 0 Å². The number of hydrogen-bond acceptors (Lipinski definition) is 3. The smallest absolute Gasteiger partial charge is 0.105 e. The summed E-state index contributed by atoms with van der Waals surface area (Å²) in [6.45, 7) is 2.75. The van der Waals surface area contributed by atoms with E-state index in [-0.39, 0.29) is 0 Å². The Morgan fingerprint density at radius 1 is 1.35 bits per heavy atom. The Hall–Kier alpha value is -1.46. The van der Waals surface area contributed by atoms with Crippen LogP contribution in [0.1, 0.15) is 17.0 Å². The lowest BCUT2D eigenvalue weighted by atomic mass is 10.2. The Bertz CT molecular complexity index is 643. The summed E-state index contributed by atoms with van der Waals surface area (Å²) >= 11 is 8.51. The van der Waals surface area contributed by atoms with E-state index in [0.717, 1.165) is 33.7 Å². The zero-order valence-corrected chi connectivity index (χ0v) is 13.8. The van der Waals surface area contributed by atoms with Crippen molar-refractivity contribution in [2.45, 2.75) is 13.5 Å². The molecule has 0 aliphatic heterocycles. The molecule has 5 heteroatoms. The van der Waals surface area contributed by atoms with Crippen LogP contribution in [0.2, 0.25) is 0 Å². The molecule has 2 N–H and O–H groups in total. The summed E-state index contributed by atoms with van der Waals surface area (Å²) in [5.74, 6) is 0. The molecular weight excluding hydrogens is 334 g/mol. The van der Waals surface area contributed by atoms with Gasteiger partial charge in [-0.3, -0.25) is 4.98 Å². The molecule has 0 unspecified atom stereocenters. The highest BCUT2D eigenvalue weighted by Gasteiger charge is 2.08. The number of nitrogens with two attached hydrogens (primary N) is 1. The van der Waals surface area contributed by atoms with Crippen LogP contribution < -0.4 is 10.6 Å². The predicted octanol–water partition coefficient (Wildman–Crippen LogP) is 3.42. The molecule has 2 aromatic rings. The first-order valence-electron chi connectivity index (χ1n) is 6.20. The van der Waals surface area contributed by atoms with Crippen LogP contribution in [-0.4, -0.2) is 17.0 Å². The Morgan fingerprint density at radius 3 is 2.70 bits per heavy atom. The predicted molar refractivity (Wildman–Crippen MR) is 91.1 cm³/mol. The molecule has 0 fully saturated rings. The molecule has 3 nitrogen and oxygen atoms in total. The van der Waals surface area contributed by atoms with Crippen LogP contribution in [0.5, 0.6) is 0 Å². The largest absolute Gasteiger partial charge is 0.389 e. The van der Waals surface area contributed by atoms with E-state index in [2.05, 4.69) is 25.8 Å². The number of aryl methyl sites for hydroxylation is 1. The highest BCUT2D eigenvalue weighted by molar-refractivity contribution is 9.10. The number of aromatic nitrogens is 1. The van der Waals surface area contributed by atoms with Crippen molar-refractivity contribution in [3.05, 3.63) is 57.8 Å². The molecule has 0 amide bonds. The average Bonchev–Trinajstić information content (AvgIpc) is 2.38. The fourth-order valence-corrected chi connectivity index (χ4v) is 2.85. The van der Waals surface area contributed by atoms with E-state index >= 15 is 0 Å². The van der Waals surface area contributed by atoms with Crippen molar-refractivity contribution in [2.75, 3.05) is 11.9 Å². The molecule has 1 aromatic carbocycles. The highest BCUT2D eigenvalue weighted by Crippen LogP contribution is 2.24. The number of hydrogen-bond donors (Lipinski definition) is 1. The molecular formula is C15H16BrN3S. The normalized spacial score (nSPS) is 10.3. The van der Waals surface area contributed by atoms with Crippen molar-refractivity contribution in [2.24, 2.45) is 5.73 Å². The van der Waals surface area contributed by atoms with Crippen molar-refractivity contribution < 1.29 is 0 Å². The Labute approximate surface area is 132 Å². The van der Waals surface area contributed by atoms with Crippen LogP contribution in [0.4, 0.5) is 5.69 Å². The second kappa shape index (κ2) is 6.33. The summed E-state index contributed by atoms with van der Waals surface area (Å²) in [6.07, 6.45) is 0. The van der Waals surface area contributed by atoms with Gasteiger partial charge in [-0.1, -0.05) is 18.3 Å². The third-order valence-electron chi connectivity index (χ3n) is 3.00. The van der Waals surface area contributed by atoms with Crippen molar-refractivity contribution in [1.82, 2.24) is 4.98 Å². The summed E-state index contributed by atoms with van der Waals surface area (Å²) in [5, 5.41) is 0. The van der Waals surface area contributed by atoms with Crippen molar-refractivity contribution >= 4 is 38.8 Å². The Balaban J connectivity index is 2.19. The Morgan fingerprint density at radius 2 is 2.10 bits per heavy atom. The van der Waals surface area contributed by atoms with Crippen molar-refractivity contribution in [1.29, 1.82) is 0 Å². The number of pyridine rings is 1. The van der Waals surface area contributed by atoms with E-state index in [1.54, 1.807) is 0 Å². The second-order valence-electron chi connectivity index (χ2n) is 4.65. The van der Waals surface area contributed by atoms with Crippen LogP contribution in [-0.2, 0) is 6.54 Å². The van der Waals surface area contributed by atoms with Gasteiger partial charge in [0.15, 0.2) is 0 Å². The van der Waals surface area contributed by atoms with Crippen LogP contribution in [0, 0.1) is 6.92 Å². The van der Waals surface area contributed by atoms with Crippen molar-refractivity contribution in [3.63, 3.8) is 0 Å². The number of halogens is 1. The molecule has 2 rings (SSSR count). The monoisotopic (exact) mass is 349 g/mol. The summed E-state index contributed by atoms with van der Waals surface area (Å²) in [4.78, 5) is 7.04. The number of benzene rings is 1. The number of thiocarbonyl (C=S) groups is 1. The third-order valence-corrected chi connectivity index (χ3v) is 3.88. The molecule has 1 heterocycles. The topological polar surface area (TPSA) is 42.1 Å². The number of anilines is 1. The van der Waals surface area contributed by atoms with Crippen molar-refractivity contribution in [3.8, 4) is 0 Å². The van der Waals surface area contributed by atoms with Crippen LogP contribution in [0.15, 0.2) is 40.9 Å². The SMILES string of the molecule is Cc1cccc(CN(C)c2ccc(C(N)=S)c(Br)c2)n1. The van der Waals surface area contributed by atoms with E-state index in [0.29, 0.717) is 4.99 Å². The molecule has 104 valence electrons. The molecule has 20 heavy (non-hydrogen) atoms. The fraction of sp³-hybridized carbons (Fsp3) is 0.200. The molecule has 0 atom stereocenters. The maximum Gasteiger partial charge on any atom is 0.105 e. The molecule has 0 radical (unpaired) electrons. The molecule has 1 aromatic heterocycles. The average molecular weight is 350 g/mol. The summed E-state index contributed by atoms with van der Waals surface area (Å²) in [6, 6.07) is 12.0. The first-order valence-corrected chi connectivity index (χ1v) is 7.40. The molecule has 0 aliphatic rings. The lowest BCUT2D eigenvalue weighted by Crippen LogP contribution is -2.18. The molecule has 0 saturated heterocycles. The van der Waals surface area contributed by atoms with E-state index < -0.39 is 0 Å². The van der Waals surface area contributed by atoms with E-state index in [9.17, 15) is 0 Å². The summed E-state index contributed by atoms with van der Waals surface area (Å²) in [7, 11) is 2.03. The number of rotatable bonds is 4. The molecule has 0 aliphatic carbocycles. The second-order valence-corrected chi connectivity index (χ2v) is 5.95. The van der Waals surface area contributed by atoms with E-state index in [1.807, 2.05) is 50.4 Å². The van der Waals surface area contributed by atoms with E-state index in [1.165, 1.54) is 0 Å². The highest BCUT2D eigenvalue weighted by atomic mass is 79.9. The first kappa shape index (κ1) is 14.9. The fourth-order valence-electron chi connectivity index (χ4n) is 1.96. The van der Waals surface area contributed by atoms with Gasteiger partial charge in [-0.25, -0.2) is 0 Å². The summed E-state index contributed by atoms with van der Waals surface area (Å²) in [5.41, 5.74) is 9.67. The maximum absolute atomic E-state index is 5.66. The van der Waals surface area contributed by atoms with Crippen LogP contribution >= 0.6 is 28.1 Å². The van der Waals surface area contributed by atoms with Gasteiger partial charge in [-0.2, -0.15) is 0 Å². The van der Waals surface area contributed by atoms with Gasteiger partial charge in [0.2, 0.25) is 0 Å². The van der Waals surface area contributed by atoms with Gasteiger partial charge in [0, 0.05) is 28.5 Å². The third kappa shape index (κ3) is 3.55. The number of nitrogens with zero attached hydrogens (tertiary/aromatic N) is 2. The zero-order valence-electron chi connectivity index (χ0n) is 11.4. The van der Waals surface area contributed by atoms with Gasteiger partial charge < -0.3 is 10.6 Å². The quantitative estimate of drug-likeness (QED) is 0.858. The van der Waals surface area contributed by atoms with Gasteiger partial charge in [0.25, 0.3) is 0 Å². The first-order chi connectivity index (χ1) is 9.47. The van der Waals surface area contributed by atoms with Crippen LogP contribution in [0.3, 0.4) is 0 Å². The molecule has 0 spiro atoms. The minimum atomic E-state index is 0.395. The van der Waals surface area contributed by atoms with Gasteiger partial charge in [0.05, 0.1) is 12.2 Å².